The molecule has 0 aromatic carbocycles. The SMILES string of the molecule is COC(=O)c1cnc(N2CC(SC(C)=O)CC2=O)c([N+](=O)[O-])c1. The molecule has 1 aliphatic heterocycles. The zero-order valence-corrected chi connectivity index (χ0v) is 13.2. The number of thioether (sulfide) groups is 1. The lowest BCUT2D eigenvalue weighted by molar-refractivity contribution is -0.384. The van der Waals surface area contributed by atoms with E-state index < -0.39 is 16.6 Å². The summed E-state index contributed by atoms with van der Waals surface area (Å²) in [7, 11) is 1.15. The fourth-order valence-corrected chi connectivity index (χ4v) is 3.13. The van der Waals surface area contributed by atoms with E-state index in [4.69, 9.17) is 0 Å². The monoisotopic (exact) mass is 339 g/mol. The van der Waals surface area contributed by atoms with Crippen LogP contribution in [0.3, 0.4) is 0 Å². The average molecular weight is 339 g/mol. The van der Waals surface area contributed by atoms with Crippen molar-refractivity contribution in [3.8, 4) is 0 Å². The first-order valence-corrected chi connectivity index (χ1v) is 7.41. The van der Waals surface area contributed by atoms with Gasteiger partial charge in [-0.1, -0.05) is 11.8 Å². The summed E-state index contributed by atoms with van der Waals surface area (Å²) < 4.78 is 4.50. The second kappa shape index (κ2) is 6.73. The summed E-state index contributed by atoms with van der Waals surface area (Å²) >= 11 is 1.02. The Kier molecular flexibility index (Phi) is 4.94. The van der Waals surface area contributed by atoms with Gasteiger partial charge in [0.15, 0.2) is 5.12 Å². The maximum Gasteiger partial charge on any atom is 0.339 e. The topological polar surface area (TPSA) is 120 Å². The molecule has 2 rings (SSSR count). The van der Waals surface area contributed by atoms with Gasteiger partial charge < -0.3 is 4.74 Å². The molecule has 0 aliphatic carbocycles. The fraction of sp³-hybridized carbons (Fsp3) is 0.385. The molecule has 0 radical (unpaired) electrons. The first kappa shape index (κ1) is 16.9. The largest absolute Gasteiger partial charge is 0.465 e. The number of amides is 1. The molecule has 23 heavy (non-hydrogen) atoms. The predicted molar refractivity (Wildman–Crippen MR) is 81.3 cm³/mol. The van der Waals surface area contributed by atoms with Crippen LogP contribution < -0.4 is 4.90 Å². The van der Waals surface area contributed by atoms with E-state index >= 15 is 0 Å². The van der Waals surface area contributed by atoms with Gasteiger partial charge in [-0.05, 0) is 0 Å². The van der Waals surface area contributed by atoms with Gasteiger partial charge in [0.2, 0.25) is 11.7 Å². The number of methoxy groups -OCH3 is 1. The lowest BCUT2D eigenvalue weighted by Crippen LogP contribution is -2.27. The molecule has 10 heteroatoms. The molecule has 1 atom stereocenters. The third-order valence-corrected chi connectivity index (χ3v) is 4.12. The number of ether oxygens (including phenoxy) is 1. The second-order valence-electron chi connectivity index (χ2n) is 4.76. The summed E-state index contributed by atoms with van der Waals surface area (Å²) in [5.74, 6) is -1.26. The van der Waals surface area contributed by atoms with Crippen LogP contribution in [0.25, 0.3) is 0 Å². The van der Waals surface area contributed by atoms with Gasteiger partial charge in [-0.2, -0.15) is 0 Å². The lowest BCUT2D eigenvalue weighted by Gasteiger charge is -2.15. The van der Waals surface area contributed by atoms with Crippen molar-refractivity contribution in [1.29, 1.82) is 0 Å². The van der Waals surface area contributed by atoms with E-state index in [1.165, 1.54) is 11.8 Å². The van der Waals surface area contributed by atoms with Crippen LogP contribution in [0.5, 0.6) is 0 Å². The molecule has 1 saturated heterocycles. The molecule has 2 heterocycles. The van der Waals surface area contributed by atoms with Crippen LogP contribution in [-0.4, -0.2) is 45.8 Å². The van der Waals surface area contributed by atoms with Gasteiger partial charge in [0.1, 0.15) is 0 Å². The van der Waals surface area contributed by atoms with Crippen molar-refractivity contribution in [3.05, 3.63) is 27.9 Å². The van der Waals surface area contributed by atoms with Gasteiger partial charge in [0, 0.05) is 37.4 Å². The summed E-state index contributed by atoms with van der Waals surface area (Å²) in [4.78, 5) is 50.2. The Morgan fingerprint density at radius 2 is 2.22 bits per heavy atom. The highest BCUT2D eigenvalue weighted by Crippen LogP contribution is 2.33. The third kappa shape index (κ3) is 3.65. The third-order valence-electron chi connectivity index (χ3n) is 3.14. The van der Waals surface area contributed by atoms with E-state index in [0.717, 1.165) is 31.1 Å². The number of carbonyl (C=O) groups is 3. The quantitative estimate of drug-likeness (QED) is 0.455. The lowest BCUT2D eigenvalue weighted by atomic mass is 10.2. The second-order valence-corrected chi connectivity index (χ2v) is 6.23. The van der Waals surface area contributed by atoms with Crippen molar-refractivity contribution in [1.82, 2.24) is 4.98 Å². The van der Waals surface area contributed by atoms with Gasteiger partial charge >= 0.3 is 11.7 Å². The summed E-state index contributed by atoms with van der Waals surface area (Å²) in [5, 5.41) is 10.8. The van der Waals surface area contributed by atoms with E-state index in [9.17, 15) is 24.5 Å². The molecular formula is C13H13N3O6S. The van der Waals surface area contributed by atoms with Gasteiger partial charge in [0.05, 0.1) is 17.6 Å². The summed E-state index contributed by atoms with van der Waals surface area (Å²) in [6, 6.07) is 1.02. The molecule has 0 spiro atoms. The Morgan fingerprint density at radius 1 is 1.52 bits per heavy atom. The van der Waals surface area contributed by atoms with Crippen LogP contribution in [0.2, 0.25) is 0 Å². The van der Waals surface area contributed by atoms with Crippen molar-refractivity contribution < 1.29 is 24.0 Å². The minimum atomic E-state index is -0.759. The molecule has 1 fully saturated rings. The Hall–Kier alpha value is -2.49. The number of anilines is 1. The Morgan fingerprint density at radius 3 is 2.78 bits per heavy atom. The molecule has 1 aromatic heterocycles. The van der Waals surface area contributed by atoms with Crippen LogP contribution in [0.1, 0.15) is 23.7 Å². The summed E-state index contributed by atoms with van der Waals surface area (Å²) in [6.45, 7) is 1.54. The van der Waals surface area contributed by atoms with Crippen molar-refractivity contribution in [2.24, 2.45) is 0 Å². The van der Waals surface area contributed by atoms with Gasteiger partial charge in [-0.3, -0.25) is 24.6 Å². The maximum absolute atomic E-state index is 12.1. The first-order chi connectivity index (χ1) is 10.8. The molecule has 1 amide bonds. The highest BCUT2D eigenvalue weighted by Gasteiger charge is 2.36. The number of pyridine rings is 1. The zero-order chi connectivity index (χ0) is 17.1. The van der Waals surface area contributed by atoms with Gasteiger partial charge in [0.25, 0.3) is 0 Å². The number of carbonyl (C=O) groups excluding carboxylic acids is 3. The standard InChI is InChI=1S/C13H13N3O6S/c1-7(17)23-9-4-11(18)15(6-9)12-10(16(20)21)3-8(5-14-12)13(19)22-2/h3,5,9H,4,6H2,1-2H3. The van der Waals surface area contributed by atoms with Crippen molar-refractivity contribution in [2.45, 2.75) is 18.6 Å². The van der Waals surface area contributed by atoms with Crippen LogP contribution in [0.15, 0.2) is 12.3 Å². The highest BCUT2D eigenvalue weighted by atomic mass is 32.2. The van der Waals surface area contributed by atoms with Crippen LogP contribution in [0.4, 0.5) is 11.5 Å². The van der Waals surface area contributed by atoms with E-state index in [2.05, 4.69) is 9.72 Å². The maximum atomic E-state index is 12.1. The molecule has 1 unspecified atom stereocenters. The molecule has 0 saturated carbocycles. The molecule has 122 valence electrons. The molecule has 0 bridgehead atoms. The number of nitro groups is 1. The number of hydrogen-bond donors (Lipinski definition) is 0. The highest BCUT2D eigenvalue weighted by molar-refractivity contribution is 8.14. The summed E-state index contributed by atoms with van der Waals surface area (Å²) in [6.07, 6.45) is 1.22. The van der Waals surface area contributed by atoms with Gasteiger partial charge in [-0.15, -0.1) is 0 Å². The number of rotatable bonds is 4. The normalized spacial score (nSPS) is 17.2. The molecule has 0 N–H and O–H groups in total. The Balaban J connectivity index is 2.35. The number of aromatic nitrogens is 1. The fourth-order valence-electron chi connectivity index (χ4n) is 2.21. The number of hydrogen-bond acceptors (Lipinski definition) is 8. The summed E-state index contributed by atoms with van der Waals surface area (Å²) in [5.41, 5.74) is -0.543. The Labute approximate surface area is 135 Å². The van der Waals surface area contributed by atoms with Crippen LogP contribution >= 0.6 is 11.8 Å². The first-order valence-electron chi connectivity index (χ1n) is 6.53. The zero-order valence-electron chi connectivity index (χ0n) is 12.3. The average Bonchev–Trinajstić information content (AvgIpc) is 2.85. The minimum Gasteiger partial charge on any atom is -0.465 e. The molecule has 1 aliphatic rings. The number of esters is 1. The van der Waals surface area contributed by atoms with E-state index in [-0.39, 0.29) is 40.6 Å². The molecular weight excluding hydrogens is 326 g/mol. The van der Waals surface area contributed by atoms with E-state index in [0.29, 0.717) is 0 Å². The minimum absolute atomic E-state index is 0.0794. The van der Waals surface area contributed by atoms with Gasteiger partial charge in [-0.25, -0.2) is 9.78 Å². The van der Waals surface area contributed by atoms with E-state index in [1.54, 1.807) is 0 Å². The smallest absolute Gasteiger partial charge is 0.339 e. The molecule has 9 nitrogen and oxygen atoms in total. The Bertz CT molecular complexity index is 692. The molecule has 1 aromatic rings. The van der Waals surface area contributed by atoms with Crippen molar-refractivity contribution in [3.63, 3.8) is 0 Å². The van der Waals surface area contributed by atoms with Crippen LogP contribution in [0, 0.1) is 10.1 Å². The van der Waals surface area contributed by atoms with Crippen molar-refractivity contribution in [2.75, 3.05) is 18.6 Å². The van der Waals surface area contributed by atoms with Crippen LogP contribution in [-0.2, 0) is 14.3 Å². The predicted octanol–water partition coefficient (Wildman–Crippen LogP) is 1.16. The van der Waals surface area contributed by atoms with E-state index in [1.807, 2.05) is 0 Å². The van der Waals surface area contributed by atoms with Crippen molar-refractivity contribution >= 4 is 40.3 Å². The number of nitrogens with zero attached hydrogens (tertiary/aromatic N) is 3.